The molecule has 1 aliphatic rings. The summed E-state index contributed by atoms with van der Waals surface area (Å²) in [4.78, 5) is 26.8. The fourth-order valence-corrected chi connectivity index (χ4v) is 2.88. The lowest BCUT2D eigenvalue weighted by Crippen LogP contribution is -2.52. The van der Waals surface area contributed by atoms with Crippen LogP contribution in [0.1, 0.15) is 30.1 Å². The highest BCUT2D eigenvalue weighted by molar-refractivity contribution is 5.95. The van der Waals surface area contributed by atoms with E-state index in [4.69, 9.17) is 0 Å². The van der Waals surface area contributed by atoms with Gasteiger partial charge in [0.1, 0.15) is 0 Å². The van der Waals surface area contributed by atoms with Crippen LogP contribution in [-0.4, -0.2) is 49.9 Å². The van der Waals surface area contributed by atoms with Crippen molar-refractivity contribution in [1.29, 1.82) is 0 Å². The molecule has 0 aliphatic carbocycles. The number of amides is 2. The van der Waals surface area contributed by atoms with Crippen LogP contribution >= 0.6 is 12.4 Å². The highest BCUT2D eigenvalue weighted by Crippen LogP contribution is 2.30. The van der Waals surface area contributed by atoms with Gasteiger partial charge in [-0.25, -0.2) is 0 Å². The molecule has 0 spiro atoms. The van der Waals surface area contributed by atoms with Gasteiger partial charge < -0.3 is 15.5 Å². The molecule has 1 atom stereocenters. The Labute approximate surface area is 144 Å². The van der Waals surface area contributed by atoms with Crippen LogP contribution in [0.4, 0.5) is 0 Å². The van der Waals surface area contributed by atoms with Gasteiger partial charge in [-0.2, -0.15) is 0 Å². The SMILES string of the molecule is CNCCNC(=O)C1(C)CCCN(C(=O)c2ccccc2)C1.Cl. The summed E-state index contributed by atoms with van der Waals surface area (Å²) < 4.78 is 0. The van der Waals surface area contributed by atoms with Gasteiger partial charge in [0.15, 0.2) is 0 Å². The van der Waals surface area contributed by atoms with Gasteiger partial charge in [0.05, 0.1) is 5.41 Å². The first-order chi connectivity index (χ1) is 10.6. The number of hydrogen-bond acceptors (Lipinski definition) is 3. The number of nitrogens with one attached hydrogen (secondary N) is 2. The standard InChI is InChI=1S/C17H25N3O2.ClH/c1-17(16(22)19-11-10-18-2)9-6-12-20(13-17)15(21)14-7-4-3-5-8-14;/h3-5,7-8,18H,6,9-13H2,1-2H3,(H,19,22);1H. The normalized spacial score (nSPS) is 20.5. The Balaban J connectivity index is 0.00000264. The summed E-state index contributed by atoms with van der Waals surface area (Å²) in [6.07, 6.45) is 1.67. The minimum atomic E-state index is -0.504. The smallest absolute Gasteiger partial charge is 0.253 e. The van der Waals surface area contributed by atoms with Gasteiger partial charge >= 0.3 is 0 Å². The Hall–Kier alpha value is -1.59. The van der Waals surface area contributed by atoms with Crippen molar-refractivity contribution >= 4 is 24.2 Å². The lowest BCUT2D eigenvalue weighted by atomic mass is 9.80. The second-order valence-corrected chi connectivity index (χ2v) is 6.12. The maximum absolute atomic E-state index is 12.6. The number of carbonyl (C=O) groups is 2. The molecular formula is C17H26ClN3O2. The lowest BCUT2D eigenvalue weighted by molar-refractivity contribution is -0.132. The monoisotopic (exact) mass is 339 g/mol. The van der Waals surface area contributed by atoms with Gasteiger partial charge in [0, 0.05) is 31.7 Å². The summed E-state index contributed by atoms with van der Waals surface area (Å²) in [6.45, 7) is 4.50. The summed E-state index contributed by atoms with van der Waals surface area (Å²) in [6, 6.07) is 9.26. The largest absolute Gasteiger partial charge is 0.354 e. The number of halogens is 1. The van der Waals surface area contributed by atoms with E-state index in [2.05, 4.69) is 10.6 Å². The molecule has 0 radical (unpaired) electrons. The van der Waals surface area contributed by atoms with Crippen molar-refractivity contribution in [2.75, 3.05) is 33.2 Å². The van der Waals surface area contributed by atoms with Crippen molar-refractivity contribution in [3.63, 3.8) is 0 Å². The Morgan fingerprint density at radius 3 is 2.57 bits per heavy atom. The van der Waals surface area contributed by atoms with Crippen molar-refractivity contribution in [3.05, 3.63) is 35.9 Å². The van der Waals surface area contributed by atoms with Crippen LogP contribution in [0.3, 0.4) is 0 Å². The molecule has 128 valence electrons. The van der Waals surface area contributed by atoms with Crippen LogP contribution in [0.15, 0.2) is 30.3 Å². The maximum Gasteiger partial charge on any atom is 0.253 e. The van der Waals surface area contributed by atoms with Crippen LogP contribution in [0, 0.1) is 5.41 Å². The van der Waals surface area contributed by atoms with Gasteiger partial charge in [-0.1, -0.05) is 18.2 Å². The first-order valence-corrected chi connectivity index (χ1v) is 7.84. The predicted molar refractivity (Wildman–Crippen MR) is 93.9 cm³/mol. The number of piperidine rings is 1. The van der Waals surface area contributed by atoms with E-state index in [1.165, 1.54) is 0 Å². The molecule has 1 heterocycles. The average Bonchev–Trinajstić information content (AvgIpc) is 2.55. The molecule has 1 saturated heterocycles. The van der Waals surface area contributed by atoms with Crippen LogP contribution in [0.2, 0.25) is 0 Å². The van der Waals surface area contributed by atoms with E-state index in [0.29, 0.717) is 25.2 Å². The molecule has 0 aromatic heterocycles. The molecule has 0 saturated carbocycles. The molecule has 1 unspecified atom stereocenters. The number of likely N-dealkylation sites (tertiary alicyclic amines) is 1. The number of carbonyl (C=O) groups excluding carboxylic acids is 2. The summed E-state index contributed by atoms with van der Waals surface area (Å²) in [5.74, 6) is 0.0443. The number of nitrogens with zero attached hydrogens (tertiary/aromatic N) is 1. The van der Waals surface area contributed by atoms with Crippen LogP contribution in [-0.2, 0) is 4.79 Å². The second kappa shape index (κ2) is 8.89. The van der Waals surface area contributed by atoms with Gasteiger partial charge in [-0.05, 0) is 38.9 Å². The lowest BCUT2D eigenvalue weighted by Gasteiger charge is -2.39. The first kappa shape index (κ1) is 19.5. The molecule has 23 heavy (non-hydrogen) atoms. The van der Waals surface area contributed by atoms with E-state index in [1.807, 2.05) is 44.3 Å². The molecule has 1 aromatic carbocycles. The van der Waals surface area contributed by atoms with E-state index in [-0.39, 0.29) is 24.2 Å². The third-order valence-corrected chi connectivity index (χ3v) is 4.21. The fraction of sp³-hybridized carbons (Fsp3) is 0.529. The van der Waals surface area contributed by atoms with Crippen LogP contribution < -0.4 is 10.6 Å². The molecule has 1 aromatic rings. The minimum absolute atomic E-state index is 0. The van der Waals surface area contributed by atoms with Crippen molar-refractivity contribution in [2.24, 2.45) is 5.41 Å². The van der Waals surface area contributed by atoms with Gasteiger partial charge in [0.2, 0.25) is 5.91 Å². The van der Waals surface area contributed by atoms with Crippen LogP contribution in [0.25, 0.3) is 0 Å². The topological polar surface area (TPSA) is 61.4 Å². The average molecular weight is 340 g/mol. The van der Waals surface area contributed by atoms with E-state index >= 15 is 0 Å². The van der Waals surface area contributed by atoms with Crippen molar-refractivity contribution in [3.8, 4) is 0 Å². The Bertz CT molecular complexity index is 524. The summed E-state index contributed by atoms with van der Waals surface area (Å²) >= 11 is 0. The quantitative estimate of drug-likeness (QED) is 0.802. The minimum Gasteiger partial charge on any atom is -0.354 e. The zero-order chi connectivity index (χ0) is 16.0. The zero-order valence-corrected chi connectivity index (χ0v) is 14.6. The summed E-state index contributed by atoms with van der Waals surface area (Å²) in [5.41, 5.74) is 0.179. The van der Waals surface area contributed by atoms with E-state index in [1.54, 1.807) is 4.90 Å². The Morgan fingerprint density at radius 2 is 1.91 bits per heavy atom. The Morgan fingerprint density at radius 1 is 1.22 bits per heavy atom. The van der Waals surface area contributed by atoms with E-state index in [9.17, 15) is 9.59 Å². The number of likely N-dealkylation sites (N-methyl/N-ethyl adjacent to an activating group) is 1. The second-order valence-electron chi connectivity index (χ2n) is 6.12. The molecule has 6 heteroatoms. The molecule has 5 nitrogen and oxygen atoms in total. The maximum atomic E-state index is 12.6. The molecule has 2 rings (SSSR count). The summed E-state index contributed by atoms with van der Waals surface area (Å²) in [5, 5.41) is 5.96. The predicted octanol–water partition coefficient (Wildman–Crippen LogP) is 1.69. The van der Waals surface area contributed by atoms with Gasteiger partial charge in [0.25, 0.3) is 5.91 Å². The third-order valence-electron chi connectivity index (χ3n) is 4.21. The van der Waals surface area contributed by atoms with E-state index < -0.39 is 5.41 Å². The number of rotatable bonds is 5. The fourth-order valence-electron chi connectivity index (χ4n) is 2.88. The zero-order valence-electron chi connectivity index (χ0n) is 13.8. The van der Waals surface area contributed by atoms with Crippen molar-refractivity contribution < 1.29 is 9.59 Å². The molecule has 2 amide bonds. The summed E-state index contributed by atoms with van der Waals surface area (Å²) in [7, 11) is 1.86. The molecule has 2 N–H and O–H groups in total. The highest BCUT2D eigenvalue weighted by atomic mass is 35.5. The number of hydrogen-bond donors (Lipinski definition) is 2. The van der Waals surface area contributed by atoms with Crippen molar-refractivity contribution in [1.82, 2.24) is 15.5 Å². The Kier molecular flexibility index (Phi) is 7.52. The molecule has 1 aliphatic heterocycles. The van der Waals surface area contributed by atoms with Crippen LogP contribution in [0.5, 0.6) is 0 Å². The molecular weight excluding hydrogens is 314 g/mol. The van der Waals surface area contributed by atoms with Gasteiger partial charge in [-0.15, -0.1) is 12.4 Å². The van der Waals surface area contributed by atoms with E-state index in [0.717, 1.165) is 19.4 Å². The first-order valence-electron chi connectivity index (χ1n) is 7.84. The molecule has 0 bridgehead atoms. The van der Waals surface area contributed by atoms with Crippen molar-refractivity contribution in [2.45, 2.75) is 19.8 Å². The van der Waals surface area contributed by atoms with Gasteiger partial charge in [-0.3, -0.25) is 9.59 Å². The molecule has 1 fully saturated rings. The third kappa shape index (κ3) is 4.94. The highest BCUT2D eigenvalue weighted by Gasteiger charge is 2.39. The number of benzene rings is 1.